The van der Waals surface area contributed by atoms with Crippen LogP contribution in [0.1, 0.15) is 11.1 Å². The van der Waals surface area contributed by atoms with Gasteiger partial charge < -0.3 is 4.74 Å². The molecule has 1 aliphatic heterocycles. The van der Waals surface area contributed by atoms with Crippen LogP contribution in [-0.2, 0) is 11.4 Å². The van der Waals surface area contributed by atoms with Gasteiger partial charge in [-0.3, -0.25) is 19.8 Å². The van der Waals surface area contributed by atoms with E-state index in [0.29, 0.717) is 20.8 Å². The normalized spacial score (nSPS) is 15.3. The van der Waals surface area contributed by atoms with E-state index in [4.69, 9.17) is 21.3 Å². The van der Waals surface area contributed by atoms with Crippen molar-refractivity contribution in [2.24, 2.45) is 4.99 Å². The summed E-state index contributed by atoms with van der Waals surface area (Å²) < 4.78 is 5.81. The highest BCUT2D eigenvalue weighted by Crippen LogP contribution is 2.38. The number of para-hydroxylation sites is 2. The summed E-state index contributed by atoms with van der Waals surface area (Å²) in [4.78, 5) is 30.7. The van der Waals surface area contributed by atoms with E-state index < -0.39 is 4.92 Å². The van der Waals surface area contributed by atoms with Crippen molar-refractivity contribution in [1.29, 1.82) is 0 Å². The predicted molar refractivity (Wildman–Crippen MR) is 152 cm³/mol. The standard InChI is InChI=1S/C29H20ClN3O4S/c30-25-17-21(13-16-26(25)37-19-20-11-14-24(15-12-20)33(35)36)18-27-28(34)32(23-9-5-2-6-10-23)29(38-27)31-22-7-3-1-4-8-22/h1-18H,19H2/b27-18+,31-29?. The highest BCUT2D eigenvalue weighted by atomic mass is 35.5. The van der Waals surface area contributed by atoms with Gasteiger partial charge in [-0.15, -0.1) is 0 Å². The van der Waals surface area contributed by atoms with Crippen LogP contribution in [0.15, 0.2) is 113 Å². The molecule has 4 aromatic carbocycles. The van der Waals surface area contributed by atoms with E-state index in [2.05, 4.69) is 0 Å². The Morgan fingerprint density at radius 3 is 2.29 bits per heavy atom. The maximum Gasteiger partial charge on any atom is 0.271 e. The molecule has 1 saturated heterocycles. The highest BCUT2D eigenvalue weighted by molar-refractivity contribution is 8.19. The van der Waals surface area contributed by atoms with Gasteiger partial charge in [0.05, 0.1) is 26.2 Å². The summed E-state index contributed by atoms with van der Waals surface area (Å²) >= 11 is 7.77. The van der Waals surface area contributed by atoms with Crippen molar-refractivity contribution >= 4 is 57.6 Å². The lowest BCUT2D eigenvalue weighted by atomic mass is 10.2. The molecule has 0 unspecified atom stereocenters. The predicted octanol–water partition coefficient (Wildman–Crippen LogP) is 7.64. The molecule has 0 saturated carbocycles. The number of amides is 1. The number of nitro benzene ring substituents is 1. The number of carbonyl (C=O) groups is 1. The van der Waals surface area contributed by atoms with Gasteiger partial charge in [0.25, 0.3) is 11.6 Å². The lowest BCUT2D eigenvalue weighted by molar-refractivity contribution is -0.384. The second-order valence-electron chi connectivity index (χ2n) is 8.22. The van der Waals surface area contributed by atoms with Crippen molar-refractivity contribution in [3.63, 3.8) is 0 Å². The number of ether oxygens (including phenoxy) is 1. The number of nitro groups is 1. The summed E-state index contributed by atoms with van der Waals surface area (Å²) in [5.74, 6) is 0.292. The maximum atomic E-state index is 13.4. The average molecular weight is 542 g/mol. The smallest absolute Gasteiger partial charge is 0.271 e. The van der Waals surface area contributed by atoms with E-state index in [1.54, 1.807) is 35.2 Å². The third-order valence-corrected chi connectivity index (χ3v) is 6.86. The minimum Gasteiger partial charge on any atom is -0.487 e. The zero-order chi connectivity index (χ0) is 26.5. The summed E-state index contributed by atoms with van der Waals surface area (Å²) in [5, 5.41) is 11.8. The molecule has 9 heteroatoms. The first kappa shape index (κ1) is 25.3. The number of carbonyl (C=O) groups excluding carboxylic acids is 1. The summed E-state index contributed by atoms with van der Waals surface area (Å²) in [5.41, 5.74) is 3.02. The van der Waals surface area contributed by atoms with Gasteiger partial charge in [0.15, 0.2) is 5.17 Å². The van der Waals surface area contributed by atoms with Gasteiger partial charge in [-0.2, -0.15) is 0 Å². The average Bonchev–Trinajstić information content (AvgIpc) is 3.23. The van der Waals surface area contributed by atoms with Crippen LogP contribution in [0.3, 0.4) is 0 Å². The molecular weight excluding hydrogens is 522 g/mol. The summed E-state index contributed by atoms with van der Waals surface area (Å²) in [6, 6.07) is 30.3. The van der Waals surface area contributed by atoms with Crippen molar-refractivity contribution in [1.82, 2.24) is 0 Å². The Morgan fingerprint density at radius 2 is 1.63 bits per heavy atom. The molecule has 4 aromatic rings. The Hall–Kier alpha value is -4.40. The number of nitrogens with zero attached hydrogens (tertiary/aromatic N) is 3. The van der Waals surface area contributed by atoms with Gasteiger partial charge in [-0.1, -0.05) is 54.1 Å². The van der Waals surface area contributed by atoms with Gasteiger partial charge >= 0.3 is 0 Å². The minimum absolute atomic E-state index is 0.0197. The molecule has 0 aliphatic carbocycles. The van der Waals surface area contributed by atoms with Crippen molar-refractivity contribution in [3.8, 4) is 5.75 Å². The maximum absolute atomic E-state index is 13.4. The van der Waals surface area contributed by atoms with E-state index in [-0.39, 0.29) is 18.2 Å². The fraction of sp³-hybridized carbons (Fsp3) is 0.0345. The monoisotopic (exact) mass is 541 g/mol. The van der Waals surface area contributed by atoms with Crippen LogP contribution >= 0.6 is 23.4 Å². The molecule has 7 nitrogen and oxygen atoms in total. The molecule has 0 aromatic heterocycles. The highest BCUT2D eigenvalue weighted by Gasteiger charge is 2.34. The Kier molecular flexibility index (Phi) is 7.53. The molecule has 0 N–H and O–H groups in total. The molecule has 1 heterocycles. The second kappa shape index (κ2) is 11.3. The fourth-order valence-electron chi connectivity index (χ4n) is 3.72. The Bertz CT molecular complexity index is 1540. The van der Waals surface area contributed by atoms with Crippen LogP contribution in [0, 0.1) is 10.1 Å². The number of anilines is 1. The molecule has 38 heavy (non-hydrogen) atoms. The molecule has 1 fully saturated rings. The Labute approximate surface area is 228 Å². The quantitative estimate of drug-likeness (QED) is 0.136. The zero-order valence-corrected chi connectivity index (χ0v) is 21.4. The molecule has 0 bridgehead atoms. The van der Waals surface area contributed by atoms with Gasteiger partial charge in [0, 0.05) is 12.1 Å². The number of hydrogen-bond acceptors (Lipinski definition) is 6. The van der Waals surface area contributed by atoms with Crippen LogP contribution in [0.25, 0.3) is 6.08 Å². The van der Waals surface area contributed by atoms with E-state index >= 15 is 0 Å². The lowest BCUT2D eigenvalue weighted by Gasteiger charge is -2.15. The van der Waals surface area contributed by atoms with Crippen LogP contribution in [0.4, 0.5) is 17.1 Å². The topological polar surface area (TPSA) is 85.0 Å². The molecule has 0 radical (unpaired) electrons. The third-order valence-electron chi connectivity index (χ3n) is 5.60. The van der Waals surface area contributed by atoms with Crippen LogP contribution in [-0.4, -0.2) is 16.0 Å². The number of thioether (sulfide) groups is 1. The van der Waals surface area contributed by atoms with Crippen LogP contribution in [0.5, 0.6) is 5.75 Å². The van der Waals surface area contributed by atoms with Gasteiger partial charge in [0.2, 0.25) is 0 Å². The molecule has 1 aliphatic rings. The van der Waals surface area contributed by atoms with E-state index in [9.17, 15) is 14.9 Å². The molecule has 0 spiro atoms. The number of hydrogen-bond donors (Lipinski definition) is 0. The van der Waals surface area contributed by atoms with Gasteiger partial charge in [0.1, 0.15) is 12.4 Å². The number of halogens is 1. The molecular formula is C29H20ClN3O4S. The largest absolute Gasteiger partial charge is 0.487 e. The number of aliphatic imine (C=N–C) groups is 1. The van der Waals surface area contributed by atoms with E-state index in [1.165, 1.54) is 23.9 Å². The van der Waals surface area contributed by atoms with E-state index in [0.717, 1.165) is 22.5 Å². The van der Waals surface area contributed by atoms with Crippen molar-refractivity contribution in [2.45, 2.75) is 6.61 Å². The first-order valence-electron chi connectivity index (χ1n) is 11.6. The minimum atomic E-state index is -0.447. The lowest BCUT2D eigenvalue weighted by Crippen LogP contribution is -2.28. The Balaban J connectivity index is 1.36. The van der Waals surface area contributed by atoms with Crippen LogP contribution in [0.2, 0.25) is 5.02 Å². The first-order chi connectivity index (χ1) is 18.5. The summed E-state index contributed by atoms with van der Waals surface area (Å²) in [7, 11) is 0. The third kappa shape index (κ3) is 5.77. The van der Waals surface area contributed by atoms with Gasteiger partial charge in [-0.05, 0) is 77.5 Å². The van der Waals surface area contributed by atoms with Crippen molar-refractivity contribution < 1.29 is 14.5 Å². The number of non-ortho nitro benzene ring substituents is 1. The molecule has 1 amide bonds. The SMILES string of the molecule is O=C1/C(=C\c2ccc(OCc3ccc([N+](=O)[O-])cc3)c(Cl)c2)SC(=Nc2ccccc2)N1c1ccccc1. The van der Waals surface area contributed by atoms with Gasteiger partial charge in [-0.25, -0.2) is 4.99 Å². The van der Waals surface area contributed by atoms with Crippen molar-refractivity contribution in [3.05, 3.63) is 134 Å². The summed E-state index contributed by atoms with van der Waals surface area (Å²) in [6.07, 6.45) is 1.78. The van der Waals surface area contributed by atoms with E-state index in [1.807, 2.05) is 66.7 Å². The molecule has 5 rings (SSSR count). The number of rotatable bonds is 7. The Morgan fingerprint density at radius 1 is 0.947 bits per heavy atom. The number of benzene rings is 4. The first-order valence-corrected chi connectivity index (χ1v) is 12.8. The van der Waals surface area contributed by atoms with Crippen LogP contribution < -0.4 is 9.64 Å². The molecule has 0 atom stereocenters. The second-order valence-corrected chi connectivity index (χ2v) is 9.64. The fourth-order valence-corrected chi connectivity index (χ4v) is 4.96. The molecule has 188 valence electrons. The van der Waals surface area contributed by atoms with Crippen molar-refractivity contribution in [2.75, 3.05) is 4.90 Å². The number of amidine groups is 1. The zero-order valence-electron chi connectivity index (χ0n) is 19.9. The summed E-state index contributed by atoms with van der Waals surface area (Å²) in [6.45, 7) is 0.206.